The Balaban J connectivity index is 2.22. The maximum atomic E-state index is 12.4. The predicted octanol–water partition coefficient (Wildman–Crippen LogP) is 1.65. The molecule has 1 atom stereocenters. The van der Waals surface area contributed by atoms with Crippen LogP contribution < -0.4 is 10.6 Å². The summed E-state index contributed by atoms with van der Waals surface area (Å²) in [5, 5.41) is 12.7. The van der Waals surface area contributed by atoms with Gasteiger partial charge in [-0.15, -0.1) is 16.9 Å². The third kappa shape index (κ3) is 4.16. The number of nitrogens with one attached hydrogen (secondary N) is 2. The van der Waals surface area contributed by atoms with Crippen molar-refractivity contribution >= 4 is 40.7 Å². The molecule has 0 aliphatic carbocycles. The summed E-state index contributed by atoms with van der Waals surface area (Å²) in [5.41, 5.74) is 1.47. The van der Waals surface area contributed by atoms with Gasteiger partial charge >= 0.3 is 0 Å². The minimum atomic E-state index is -0.628. The van der Waals surface area contributed by atoms with Gasteiger partial charge in [0.1, 0.15) is 5.25 Å². The van der Waals surface area contributed by atoms with Gasteiger partial charge in [0.15, 0.2) is 5.71 Å². The Labute approximate surface area is 127 Å². The van der Waals surface area contributed by atoms with Crippen LogP contribution in [0.1, 0.15) is 13.8 Å². The summed E-state index contributed by atoms with van der Waals surface area (Å²) in [4.78, 5) is 24.1. The maximum Gasteiger partial charge on any atom is 0.273 e. The first-order valence-corrected chi connectivity index (χ1v) is 7.47. The maximum absolute atomic E-state index is 12.4. The second-order valence-corrected chi connectivity index (χ2v) is 5.68. The predicted molar refractivity (Wildman–Crippen MR) is 85.7 cm³/mol. The molecule has 1 saturated heterocycles. The van der Waals surface area contributed by atoms with Crippen molar-refractivity contribution in [2.45, 2.75) is 19.1 Å². The summed E-state index contributed by atoms with van der Waals surface area (Å²) in [5.74, 6) is -0.165. The van der Waals surface area contributed by atoms with Crippen LogP contribution in [0.5, 0.6) is 0 Å². The number of amides is 2. The van der Waals surface area contributed by atoms with E-state index in [0.717, 1.165) is 0 Å². The first kappa shape index (κ1) is 15.2. The molecule has 110 valence electrons. The Morgan fingerprint density at radius 2 is 2.00 bits per heavy atom. The highest BCUT2D eigenvalue weighted by molar-refractivity contribution is 8.01. The topological polar surface area (TPSA) is 82.9 Å². The average Bonchev–Trinajstić information content (AvgIpc) is 2.86. The Bertz CT molecular complexity index is 594. The number of rotatable bonds is 4. The zero-order valence-electron chi connectivity index (χ0n) is 11.8. The number of hydrogen-bond donors (Lipinski definition) is 2. The highest BCUT2D eigenvalue weighted by Gasteiger charge is 2.34. The second kappa shape index (κ2) is 7.03. The first-order chi connectivity index (χ1) is 10.1. The van der Waals surface area contributed by atoms with Crippen LogP contribution in [0.2, 0.25) is 0 Å². The molecule has 1 fully saturated rings. The Kier molecular flexibility index (Phi) is 5.10. The number of carbonyl (C=O) groups excluding carboxylic acids is 2. The lowest BCUT2D eigenvalue weighted by Gasteiger charge is -2.10. The zero-order chi connectivity index (χ0) is 15.2. The minimum Gasteiger partial charge on any atom is -0.346 e. The quantitative estimate of drug-likeness (QED) is 0.655. The molecule has 1 unspecified atom stereocenters. The van der Waals surface area contributed by atoms with Gasteiger partial charge in [-0.3, -0.25) is 9.59 Å². The molecule has 7 heteroatoms. The lowest BCUT2D eigenvalue weighted by atomic mass is 10.2. The highest BCUT2D eigenvalue weighted by atomic mass is 32.2. The third-order valence-electron chi connectivity index (χ3n) is 2.60. The van der Waals surface area contributed by atoms with Gasteiger partial charge < -0.3 is 10.6 Å². The summed E-state index contributed by atoms with van der Waals surface area (Å²) in [6.07, 6.45) is 0. The van der Waals surface area contributed by atoms with E-state index in [2.05, 4.69) is 20.8 Å². The zero-order valence-corrected chi connectivity index (χ0v) is 12.6. The summed E-state index contributed by atoms with van der Waals surface area (Å²) in [6, 6.07) is 9.03. The van der Waals surface area contributed by atoms with E-state index >= 15 is 0 Å². The molecule has 2 rings (SSSR count). The molecule has 1 heterocycles. The number of para-hydroxylation sites is 1. The number of carbonyl (C=O) groups is 2. The normalized spacial score (nSPS) is 18.1. The molecule has 0 bridgehead atoms. The van der Waals surface area contributed by atoms with Gasteiger partial charge in [0.05, 0.1) is 5.88 Å². The van der Waals surface area contributed by atoms with Crippen LogP contribution in [0.3, 0.4) is 0 Å². The van der Waals surface area contributed by atoms with Crippen molar-refractivity contribution in [3.8, 4) is 0 Å². The van der Waals surface area contributed by atoms with E-state index in [1.807, 2.05) is 18.2 Å². The van der Waals surface area contributed by atoms with Crippen molar-refractivity contribution in [1.82, 2.24) is 5.32 Å². The molecule has 0 radical (unpaired) electrons. The van der Waals surface area contributed by atoms with Crippen molar-refractivity contribution < 1.29 is 9.59 Å². The smallest absolute Gasteiger partial charge is 0.273 e. The molecule has 2 N–H and O–H groups in total. The molecular weight excluding hydrogens is 288 g/mol. The largest absolute Gasteiger partial charge is 0.346 e. The van der Waals surface area contributed by atoms with Crippen LogP contribution in [0.25, 0.3) is 0 Å². The van der Waals surface area contributed by atoms with Gasteiger partial charge in [-0.25, -0.2) is 0 Å². The van der Waals surface area contributed by atoms with Gasteiger partial charge in [0.2, 0.25) is 5.91 Å². The van der Waals surface area contributed by atoms with Crippen molar-refractivity contribution in [2.75, 3.05) is 11.2 Å². The summed E-state index contributed by atoms with van der Waals surface area (Å²) in [6.45, 7) is 3.55. The molecule has 1 aliphatic heterocycles. The van der Waals surface area contributed by atoms with E-state index in [1.165, 1.54) is 11.8 Å². The van der Waals surface area contributed by atoms with Gasteiger partial charge in [-0.2, -0.15) is 5.10 Å². The molecule has 1 aromatic carbocycles. The van der Waals surface area contributed by atoms with E-state index in [4.69, 9.17) is 0 Å². The van der Waals surface area contributed by atoms with Gasteiger partial charge in [-0.1, -0.05) is 18.2 Å². The Morgan fingerprint density at radius 3 is 2.57 bits per heavy atom. The van der Waals surface area contributed by atoms with Crippen LogP contribution in [0, 0.1) is 0 Å². The average molecular weight is 304 g/mol. The fraction of sp³-hybridized carbons (Fsp3) is 0.286. The summed E-state index contributed by atoms with van der Waals surface area (Å²) in [7, 11) is 0. The van der Waals surface area contributed by atoms with E-state index in [1.54, 1.807) is 26.0 Å². The third-order valence-corrected chi connectivity index (χ3v) is 3.69. The van der Waals surface area contributed by atoms with Gasteiger partial charge in [-0.05, 0) is 26.0 Å². The van der Waals surface area contributed by atoms with Crippen molar-refractivity contribution in [2.24, 2.45) is 10.2 Å². The van der Waals surface area contributed by atoms with Crippen LogP contribution in [-0.2, 0) is 9.59 Å². The van der Waals surface area contributed by atoms with Crippen LogP contribution in [-0.4, -0.2) is 34.4 Å². The van der Waals surface area contributed by atoms with Crippen molar-refractivity contribution in [1.29, 1.82) is 0 Å². The van der Waals surface area contributed by atoms with Crippen molar-refractivity contribution in [3.05, 3.63) is 30.3 Å². The fourth-order valence-electron chi connectivity index (χ4n) is 1.66. The second-order valence-electron chi connectivity index (χ2n) is 4.58. The van der Waals surface area contributed by atoms with Crippen molar-refractivity contribution in [3.63, 3.8) is 0 Å². The fourth-order valence-corrected chi connectivity index (χ4v) is 2.59. The van der Waals surface area contributed by atoms with E-state index in [0.29, 0.717) is 17.3 Å². The SMILES string of the molecule is CC(C)=NN=C(C(=O)Nc1ccccc1)C1SCNC1=O. The number of nitrogens with zero attached hydrogens (tertiary/aromatic N) is 2. The Morgan fingerprint density at radius 1 is 1.29 bits per heavy atom. The van der Waals surface area contributed by atoms with E-state index < -0.39 is 11.2 Å². The molecule has 0 saturated carbocycles. The number of thioether (sulfide) groups is 1. The van der Waals surface area contributed by atoms with Crippen LogP contribution >= 0.6 is 11.8 Å². The summed E-state index contributed by atoms with van der Waals surface area (Å²) < 4.78 is 0. The molecule has 1 aliphatic rings. The van der Waals surface area contributed by atoms with E-state index in [-0.39, 0.29) is 11.6 Å². The Hall–Kier alpha value is -2.15. The molecular formula is C14H16N4O2S. The standard InChI is InChI=1S/C14H16N4O2S/c1-9(2)17-18-11(12-14(20)15-8-21-12)13(19)16-10-6-4-3-5-7-10/h3-7,12H,8H2,1-2H3,(H,15,20)(H,16,19). The van der Waals surface area contributed by atoms with E-state index in [9.17, 15) is 9.59 Å². The van der Waals surface area contributed by atoms with Crippen LogP contribution in [0.4, 0.5) is 5.69 Å². The molecule has 2 amide bonds. The number of anilines is 1. The van der Waals surface area contributed by atoms with Crippen LogP contribution in [0.15, 0.2) is 40.5 Å². The first-order valence-electron chi connectivity index (χ1n) is 6.42. The van der Waals surface area contributed by atoms with Gasteiger partial charge in [0, 0.05) is 11.4 Å². The van der Waals surface area contributed by atoms with Gasteiger partial charge in [0.25, 0.3) is 5.91 Å². The molecule has 21 heavy (non-hydrogen) atoms. The molecule has 6 nitrogen and oxygen atoms in total. The monoisotopic (exact) mass is 304 g/mol. The molecule has 0 spiro atoms. The highest BCUT2D eigenvalue weighted by Crippen LogP contribution is 2.19. The molecule has 0 aromatic heterocycles. The number of benzene rings is 1. The lowest BCUT2D eigenvalue weighted by Crippen LogP contribution is -2.37. The minimum absolute atomic E-state index is 0.111. The lowest BCUT2D eigenvalue weighted by molar-refractivity contribution is -0.119. The summed E-state index contributed by atoms with van der Waals surface area (Å²) >= 11 is 1.33. The molecule has 1 aromatic rings. The number of hydrogen-bond acceptors (Lipinski definition) is 5.